The molecule has 0 fully saturated rings. The van der Waals surface area contributed by atoms with E-state index in [2.05, 4.69) is 46.9 Å². The third kappa shape index (κ3) is 2.58. The van der Waals surface area contributed by atoms with Crippen LogP contribution in [0.15, 0.2) is 12.7 Å². The molecule has 1 amide bonds. The van der Waals surface area contributed by atoms with Crippen LogP contribution in [-0.4, -0.2) is 37.2 Å². The number of carbonyl (C=O) groups excluding carboxylic acids is 1. The summed E-state index contributed by atoms with van der Waals surface area (Å²) in [5.74, 6) is -0.0956. The molecule has 0 aliphatic rings. The number of rotatable bonds is 5. The fourth-order valence-corrected chi connectivity index (χ4v) is 1.82. The Hall–Kier alpha value is -0.830. The van der Waals surface area contributed by atoms with Crippen molar-refractivity contribution < 1.29 is 9.28 Å². The number of nitrogens with one attached hydrogen (secondary N) is 1. The highest BCUT2D eigenvalue weighted by Crippen LogP contribution is 2.23. The molecule has 3 nitrogen and oxygen atoms in total. The van der Waals surface area contributed by atoms with Gasteiger partial charge >= 0.3 is 0 Å². The van der Waals surface area contributed by atoms with Crippen molar-refractivity contribution in [2.75, 3.05) is 21.1 Å². The Bertz CT molecular complexity index is 212. The van der Waals surface area contributed by atoms with Gasteiger partial charge in [0.1, 0.15) is 0 Å². The van der Waals surface area contributed by atoms with E-state index >= 15 is 0 Å². The molecule has 1 N–H and O–H groups in total. The molecule has 0 spiro atoms. The molecule has 0 saturated heterocycles. The molecule has 0 unspecified atom stereocenters. The lowest BCUT2D eigenvalue weighted by Gasteiger charge is -2.45. The van der Waals surface area contributed by atoms with Crippen molar-refractivity contribution in [2.24, 2.45) is 0 Å². The van der Waals surface area contributed by atoms with Crippen LogP contribution >= 0.6 is 0 Å². The van der Waals surface area contributed by atoms with Crippen LogP contribution in [0.1, 0.15) is 26.7 Å². The van der Waals surface area contributed by atoms with E-state index < -0.39 is 0 Å². The van der Waals surface area contributed by atoms with Crippen molar-refractivity contribution in [3.63, 3.8) is 0 Å². The molecule has 0 atom stereocenters. The molecule has 3 heteroatoms. The fraction of sp³-hybridized carbons (Fsp3) is 0.727. The highest BCUT2D eigenvalue weighted by atomic mass is 16.1. The molecular weight excluding hydrogens is 176 g/mol. The van der Waals surface area contributed by atoms with E-state index in [0.717, 1.165) is 17.3 Å². The summed E-state index contributed by atoms with van der Waals surface area (Å²) in [6, 6.07) is 0. The van der Waals surface area contributed by atoms with Crippen LogP contribution in [0.4, 0.5) is 0 Å². The average Bonchev–Trinajstić information content (AvgIpc) is 2.11. The number of carbonyl (C=O) groups is 1. The van der Waals surface area contributed by atoms with E-state index in [0.29, 0.717) is 0 Å². The Morgan fingerprint density at radius 2 is 1.79 bits per heavy atom. The number of hydrogen-bond donors (Lipinski definition) is 1. The summed E-state index contributed by atoms with van der Waals surface area (Å²) in [4.78, 5) is 11.4. The van der Waals surface area contributed by atoms with Gasteiger partial charge in [0.25, 0.3) is 0 Å². The minimum Gasteiger partial charge on any atom is -0.309 e. The normalized spacial score (nSPS) is 12.4. The standard InChI is InChI=1S/C11H22N2O/c1-7-10(14)12-11(8-2,9-3)13(4,5)6/h7H,1,8-9H2,2-6H3/p+1. The maximum Gasteiger partial charge on any atom is 0.248 e. The lowest BCUT2D eigenvalue weighted by molar-refractivity contribution is -0.927. The minimum atomic E-state index is -0.189. The van der Waals surface area contributed by atoms with E-state index in [1.807, 2.05) is 0 Å². The summed E-state index contributed by atoms with van der Waals surface area (Å²) in [6.07, 6.45) is 3.15. The summed E-state index contributed by atoms with van der Waals surface area (Å²) in [7, 11) is 6.28. The lowest BCUT2D eigenvalue weighted by Crippen LogP contribution is -2.66. The second-order valence-electron chi connectivity index (χ2n) is 4.44. The number of nitrogens with zero attached hydrogens (tertiary/aromatic N) is 1. The molecular formula is C11H23N2O+. The molecule has 0 rings (SSSR count). The Labute approximate surface area is 87.4 Å². The van der Waals surface area contributed by atoms with Gasteiger partial charge in [-0.1, -0.05) is 20.4 Å². The topological polar surface area (TPSA) is 29.1 Å². The molecule has 0 heterocycles. The zero-order valence-corrected chi connectivity index (χ0v) is 10.1. The van der Waals surface area contributed by atoms with Crippen molar-refractivity contribution in [2.45, 2.75) is 32.4 Å². The molecule has 0 aliphatic carbocycles. The summed E-state index contributed by atoms with van der Waals surface area (Å²) < 4.78 is 0.722. The van der Waals surface area contributed by atoms with Crippen LogP contribution < -0.4 is 5.32 Å². The zero-order valence-electron chi connectivity index (χ0n) is 10.1. The zero-order chi connectivity index (χ0) is 11.4. The lowest BCUT2D eigenvalue weighted by atomic mass is 10.00. The molecule has 0 aliphatic heterocycles. The largest absolute Gasteiger partial charge is 0.309 e. The molecule has 0 radical (unpaired) electrons. The summed E-state index contributed by atoms with van der Waals surface area (Å²) >= 11 is 0. The summed E-state index contributed by atoms with van der Waals surface area (Å²) in [6.45, 7) is 7.66. The Balaban J connectivity index is 4.89. The second-order valence-corrected chi connectivity index (χ2v) is 4.44. The van der Waals surface area contributed by atoms with Gasteiger partial charge in [-0.25, -0.2) is 0 Å². The molecule has 14 heavy (non-hydrogen) atoms. The van der Waals surface area contributed by atoms with Crippen LogP contribution in [0.5, 0.6) is 0 Å². The van der Waals surface area contributed by atoms with Crippen molar-refractivity contribution in [1.82, 2.24) is 5.32 Å². The number of hydrogen-bond acceptors (Lipinski definition) is 1. The molecule has 0 saturated carbocycles. The second kappa shape index (κ2) is 4.60. The van der Waals surface area contributed by atoms with Gasteiger partial charge in [-0.2, -0.15) is 0 Å². The molecule has 0 aromatic rings. The highest BCUT2D eigenvalue weighted by molar-refractivity contribution is 5.87. The predicted octanol–water partition coefficient (Wildman–Crippen LogP) is 1.51. The first-order chi connectivity index (χ1) is 6.33. The van der Waals surface area contributed by atoms with Crippen LogP contribution in [0.3, 0.4) is 0 Å². The van der Waals surface area contributed by atoms with E-state index in [1.165, 1.54) is 6.08 Å². The van der Waals surface area contributed by atoms with Gasteiger partial charge in [-0.05, 0) is 6.08 Å². The third-order valence-corrected chi connectivity index (χ3v) is 3.00. The molecule has 0 aromatic carbocycles. The van der Waals surface area contributed by atoms with Gasteiger partial charge < -0.3 is 9.80 Å². The maximum absolute atomic E-state index is 11.4. The van der Waals surface area contributed by atoms with Crippen LogP contribution in [0, 0.1) is 0 Å². The van der Waals surface area contributed by atoms with Gasteiger partial charge in [0.05, 0.1) is 21.1 Å². The van der Waals surface area contributed by atoms with E-state index in [4.69, 9.17) is 0 Å². The molecule has 0 aromatic heterocycles. The monoisotopic (exact) mass is 199 g/mol. The number of amides is 1. The van der Waals surface area contributed by atoms with Crippen LogP contribution in [-0.2, 0) is 4.79 Å². The van der Waals surface area contributed by atoms with Crippen molar-refractivity contribution >= 4 is 5.91 Å². The van der Waals surface area contributed by atoms with Crippen molar-refractivity contribution in [3.8, 4) is 0 Å². The predicted molar refractivity (Wildman–Crippen MR) is 59.7 cm³/mol. The maximum atomic E-state index is 11.4. The minimum absolute atomic E-state index is 0.0956. The van der Waals surface area contributed by atoms with Gasteiger partial charge in [0.2, 0.25) is 5.91 Å². The van der Waals surface area contributed by atoms with Crippen LogP contribution in [0.25, 0.3) is 0 Å². The van der Waals surface area contributed by atoms with E-state index in [9.17, 15) is 4.79 Å². The smallest absolute Gasteiger partial charge is 0.248 e. The Morgan fingerprint density at radius 3 is 2.00 bits per heavy atom. The van der Waals surface area contributed by atoms with Crippen LogP contribution in [0.2, 0.25) is 0 Å². The quantitative estimate of drug-likeness (QED) is 0.406. The van der Waals surface area contributed by atoms with E-state index in [-0.39, 0.29) is 11.6 Å². The summed E-state index contributed by atoms with van der Waals surface area (Å²) in [5.41, 5.74) is -0.189. The fourth-order valence-electron chi connectivity index (χ4n) is 1.82. The first-order valence-electron chi connectivity index (χ1n) is 5.09. The van der Waals surface area contributed by atoms with Gasteiger partial charge in [-0.3, -0.25) is 4.79 Å². The van der Waals surface area contributed by atoms with Gasteiger partial charge in [-0.15, -0.1) is 0 Å². The Morgan fingerprint density at radius 1 is 1.36 bits per heavy atom. The summed E-state index contributed by atoms with van der Waals surface area (Å²) in [5, 5.41) is 3.03. The third-order valence-electron chi connectivity index (χ3n) is 3.00. The number of quaternary nitrogens is 1. The van der Waals surface area contributed by atoms with Crippen molar-refractivity contribution in [3.05, 3.63) is 12.7 Å². The first-order valence-corrected chi connectivity index (χ1v) is 5.09. The van der Waals surface area contributed by atoms with Gasteiger partial charge in [0, 0.05) is 12.8 Å². The molecule has 0 bridgehead atoms. The SMILES string of the molecule is C=CC(=O)NC(CC)(CC)[N+](C)(C)C. The van der Waals surface area contributed by atoms with Gasteiger partial charge in [0.15, 0.2) is 5.66 Å². The molecule has 82 valence electrons. The Kier molecular flexibility index (Phi) is 4.33. The van der Waals surface area contributed by atoms with E-state index in [1.54, 1.807) is 0 Å². The highest BCUT2D eigenvalue weighted by Gasteiger charge is 2.40. The first kappa shape index (κ1) is 13.2. The van der Waals surface area contributed by atoms with Crippen molar-refractivity contribution in [1.29, 1.82) is 0 Å². The average molecular weight is 199 g/mol.